The number of allylic oxidation sites excluding steroid dienone is 1. The fraction of sp³-hybridized carbons (Fsp3) is 0.871. The van der Waals surface area contributed by atoms with E-state index in [4.69, 9.17) is 14.2 Å². The van der Waals surface area contributed by atoms with Crippen molar-refractivity contribution in [1.29, 1.82) is 0 Å². The number of carbonyl (C=O) groups is 2. The molecule has 1 aliphatic heterocycles. The van der Waals surface area contributed by atoms with Crippen LogP contribution in [-0.4, -0.2) is 30.8 Å². The monoisotopic (exact) mass is 500 g/mol. The topological polar surface area (TPSA) is 61.8 Å². The Kier molecular flexibility index (Phi) is 7.00. The third-order valence-electron chi connectivity index (χ3n) is 11.6. The first kappa shape index (κ1) is 26.1. The summed E-state index contributed by atoms with van der Waals surface area (Å²) in [6.45, 7) is 13.2. The molecule has 5 aliphatic rings. The normalized spacial score (nSPS) is 44.0. The van der Waals surface area contributed by atoms with Gasteiger partial charge in [0.05, 0.1) is 12.4 Å². The first-order valence-corrected chi connectivity index (χ1v) is 14.7. The molecule has 0 aromatic rings. The molecule has 202 valence electrons. The number of fused-ring (bicyclic) bond motifs is 7. The molecule has 10 atom stereocenters. The van der Waals surface area contributed by atoms with E-state index in [1.165, 1.54) is 56.8 Å². The summed E-state index contributed by atoms with van der Waals surface area (Å²) in [6, 6.07) is 0. The summed E-state index contributed by atoms with van der Waals surface area (Å²) >= 11 is 0. The molecule has 0 aromatic carbocycles. The van der Waals surface area contributed by atoms with Gasteiger partial charge in [-0.25, -0.2) is 0 Å². The number of rotatable bonds is 6. The number of carbonyl (C=O) groups excluding carboxylic acids is 2. The fourth-order valence-corrected chi connectivity index (χ4v) is 9.86. The molecule has 4 saturated carbocycles. The minimum atomic E-state index is -0.196. The number of esters is 2. The van der Waals surface area contributed by atoms with Gasteiger partial charge in [-0.2, -0.15) is 0 Å². The highest BCUT2D eigenvalue weighted by atomic mass is 16.5. The molecule has 5 nitrogen and oxygen atoms in total. The van der Waals surface area contributed by atoms with E-state index < -0.39 is 0 Å². The van der Waals surface area contributed by atoms with E-state index in [1.807, 2.05) is 0 Å². The first-order chi connectivity index (χ1) is 17.0. The van der Waals surface area contributed by atoms with E-state index >= 15 is 0 Å². The van der Waals surface area contributed by atoms with Crippen molar-refractivity contribution in [2.45, 2.75) is 118 Å². The van der Waals surface area contributed by atoms with E-state index in [0.29, 0.717) is 41.3 Å². The zero-order chi connectivity index (χ0) is 25.8. The molecular formula is C31H48O5. The average Bonchev–Trinajstić information content (AvgIpc) is 3.29. The SMILES string of the molecule is CC(=O)OCC(C)CCC1=C(C)[C@H]2[C@H](C[C@H]3[C@@H]4CCC5CC(OC(C)=O)CC[C@]5(C)[C@H]4CC[C@@]32C)O1. The number of hydrogen-bond donors (Lipinski definition) is 0. The lowest BCUT2D eigenvalue weighted by atomic mass is 9.44. The molecule has 5 heteroatoms. The lowest BCUT2D eigenvalue weighted by Gasteiger charge is -2.61. The van der Waals surface area contributed by atoms with Crippen molar-refractivity contribution < 1.29 is 23.8 Å². The Bertz CT molecular complexity index is 909. The molecular weight excluding hydrogens is 452 g/mol. The molecule has 1 heterocycles. The van der Waals surface area contributed by atoms with Gasteiger partial charge in [-0.1, -0.05) is 20.8 Å². The van der Waals surface area contributed by atoms with Crippen LogP contribution < -0.4 is 0 Å². The van der Waals surface area contributed by atoms with E-state index in [0.717, 1.165) is 43.4 Å². The van der Waals surface area contributed by atoms with Crippen LogP contribution in [0.5, 0.6) is 0 Å². The number of hydrogen-bond acceptors (Lipinski definition) is 5. The molecule has 5 rings (SSSR count). The van der Waals surface area contributed by atoms with Crippen LogP contribution in [0.15, 0.2) is 11.3 Å². The minimum Gasteiger partial charge on any atom is -0.494 e. The lowest BCUT2D eigenvalue weighted by molar-refractivity contribution is -0.159. The average molecular weight is 501 g/mol. The van der Waals surface area contributed by atoms with Gasteiger partial charge in [-0.3, -0.25) is 9.59 Å². The zero-order valence-electron chi connectivity index (χ0n) is 23.4. The van der Waals surface area contributed by atoms with Crippen molar-refractivity contribution in [3.63, 3.8) is 0 Å². The smallest absolute Gasteiger partial charge is 0.302 e. The first-order valence-electron chi connectivity index (χ1n) is 14.7. The van der Waals surface area contributed by atoms with Crippen LogP contribution in [0, 0.1) is 46.3 Å². The van der Waals surface area contributed by atoms with Gasteiger partial charge in [-0.05, 0) is 111 Å². The van der Waals surface area contributed by atoms with Crippen LogP contribution in [-0.2, 0) is 23.8 Å². The Balaban J connectivity index is 1.26. The van der Waals surface area contributed by atoms with Crippen LogP contribution >= 0.6 is 0 Å². The predicted molar refractivity (Wildman–Crippen MR) is 139 cm³/mol. The van der Waals surface area contributed by atoms with Crippen molar-refractivity contribution >= 4 is 11.9 Å². The highest BCUT2D eigenvalue weighted by Gasteiger charge is 2.64. The highest BCUT2D eigenvalue weighted by molar-refractivity contribution is 5.66. The van der Waals surface area contributed by atoms with Crippen LogP contribution in [0.4, 0.5) is 0 Å². The summed E-state index contributed by atoms with van der Waals surface area (Å²) in [4.78, 5) is 22.7. The molecule has 3 unspecified atom stereocenters. The third kappa shape index (κ3) is 4.41. The van der Waals surface area contributed by atoms with Crippen molar-refractivity contribution in [2.24, 2.45) is 46.3 Å². The molecule has 4 aliphatic carbocycles. The third-order valence-corrected chi connectivity index (χ3v) is 11.6. The van der Waals surface area contributed by atoms with Gasteiger partial charge in [0.1, 0.15) is 12.2 Å². The summed E-state index contributed by atoms with van der Waals surface area (Å²) in [6.07, 6.45) is 12.2. The maximum Gasteiger partial charge on any atom is 0.302 e. The quantitative estimate of drug-likeness (QED) is 0.374. The largest absolute Gasteiger partial charge is 0.494 e. The fourth-order valence-electron chi connectivity index (χ4n) is 9.86. The Morgan fingerprint density at radius 1 is 1.00 bits per heavy atom. The van der Waals surface area contributed by atoms with Gasteiger partial charge < -0.3 is 14.2 Å². The lowest BCUT2D eigenvalue weighted by Crippen LogP contribution is -2.54. The molecule has 0 N–H and O–H groups in total. The highest BCUT2D eigenvalue weighted by Crippen LogP contribution is 2.69. The summed E-state index contributed by atoms with van der Waals surface area (Å²) in [5.74, 6) is 4.89. The zero-order valence-corrected chi connectivity index (χ0v) is 23.4. The molecule has 0 aromatic heterocycles. The summed E-state index contributed by atoms with van der Waals surface area (Å²) in [5.41, 5.74) is 2.25. The van der Waals surface area contributed by atoms with Crippen molar-refractivity contribution in [2.75, 3.05) is 6.61 Å². The van der Waals surface area contributed by atoms with Gasteiger partial charge in [-0.15, -0.1) is 0 Å². The Hall–Kier alpha value is -1.52. The Morgan fingerprint density at radius 2 is 1.75 bits per heavy atom. The Morgan fingerprint density at radius 3 is 2.47 bits per heavy atom. The standard InChI is InChI=1S/C31H48O5/c1-18(17-34-20(3)32)7-10-27-19(2)29-28(36-27)16-26-24-9-8-22-15-23(35-21(4)33)11-13-30(22,5)25(24)12-14-31(26,29)6/h18,22-26,28-29H,7-17H2,1-6H3/t18?,22?,23?,24-,25+,26+,28+,29+,30+,31+/m1/s1. The summed E-state index contributed by atoms with van der Waals surface area (Å²) in [5, 5.41) is 0. The van der Waals surface area contributed by atoms with Crippen molar-refractivity contribution in [1.82, 2.24) is 0 Å². The molecule has 0 amide bonds. The minimum absolute atomic E-state index is 0.120. The van der Waals surface area contributed by atoms with Crippen LogP contribution in [0.3, 0.4) is 0 Å². The molecule has 0 spiro atoms. The van der Waals surface area contributed by atoms with Gasteiger partial charge in [0.15, 0.2) is 0 Å². The second-order valence-corrected chi connectivity index (χ2v) is 13.6. The molecule has 0 saturated heterocycles. The summed E-state index contributed by atoms with van der Waals surface area (Å²) < 4.78 is 17.6. The summed E-state index contributed by atoms with van der Waals surface area (Å²) in [7, 11) is 0. The van der Waals surface area contributed by atoms with Gasteiger partial charge in [0.25, 0.3) is 0 Å². The van der Waals surface area contributed by atoms with Crippen LogP contribution in [0.25, 0.3) is 0 Å². The van der Waals surface area contributed by atoms with E-state index in [1.54, 1.807) is 6.92 Å². The molecule has 0 radical (unpaired) electrons. The van der Waals surface area contributed by atoms with Gasteiger partial charge >= 0.3 is 11.9 Å². The molecule has 4 fully saturated rings. The predicted octanol–water partition coefficient (Wildman–Crippen LogP) is 6.84. The Labute approximate surface area is 218 Å². The van der Waals surface area contributed by atoms with Gasteiger partial charge in [0, 0.05) is 26.2 Å². The second-order valence-electron chi connectivity index (χ2n) is 13.6. The van der Waals surface area contributed by atoms with Crippen LogP contribution in [0.2, 0.25) is 0 Å². The van der Waals surface area contributed by atoms with Crippen molar-refractivity contribution in [3.8, 4) is 0 Å². The molecule has 36 heavy (non-hydrogen) atoms. The van der Waals surface area contributed by atoms with E-state index in [-0.39, 0.29) is 18.0 Å². The number of ether oxygens (including phenoxy) is 3. The maximum atomic E-state index is 11.6. The maximum absolute atomic E-state index is 11.6. The second kappa shape index (κ2) is 9.66. The van der Waals surface area contributed by atoms with Crippen molar-refractivity contribution in [3.05, 3.63) is 11.3 Å². The van der Waals surface area contributed by atoms with Crippen LogP contribution in [0.1, 0.15) is 106 Å². The van der Waals surface area contributed by atoms with Gasteiger partial charge in [0.2, 0.25) is 0 Å². The van der Waals surface area contributed by atoms with E-state index in [9.17, 15) is 9.59 Å². The van der Waals surface area contributed by atoms with E-state index in [2.05, 4.69) is 27.7 Å². The molecule has 0 bridgehead atoms.